The van der Waals surface area contributed by atoms with Gasteiger partial charge in [0.2, 0.25) is 0 Å². The van der Waals surface area contributed by atoms with Gasteiger partial charge < -0.3 is 19.7 Å². The maximum Gasteiger partial charge on any atom is 0.266 e. The minimum atomic E-state index is -0.484. The number of nitrogens with one attached hydrogen (secondary N) is 1. The van der Waals surface area contributed by atoms with Gasteiger partial charge in [0.15, 0.2) is 11.5 Å². The van der Waals surface area contributed by atoms with Crippen molar-refractivity contribution in [3.05, 3.63) is 87.9 Å². The minimum absolute atomic E-state index is 0.0234. The predicted octanol–water partition coefficient (Wildman–Crippen LogP) is 6.43. The van der Waals surface area contributed by atoms with Gasteiger partial charge in [-0.15, -0.1) is 0 Å². The highest BCUT2D eigenvalue weighted by Gasteiger charge is 2.14. The first-order chi connectivity index (χ1) is 17.0. The molecule has 0 unspecified atom stereocenters. The molecule has 3 rings (SSSR count). The minimum Gasteiger partial charge on any atom is -0.493 e. The Kier molecular flexibility index (Phi) is 9.33. The molecule has 0 saturated carbocycles. The van der Waals surface area contributed by atoms with Crippen molar-refractivity contribution in [2.75, 3.05) is 30.4 Å². The number of halogens is 1. The van der Waals surface area contributed by atoms with Gasteiger partial charge in [-0.1, -0.05) is 30.3 Å². The van der Waals surface area contributed by atoms with Crippen LogP contribution in [0.3, 0.4) is 0 Å². The zero-order valence-electron chi connectivity index (χ0n) is 20.0. The van der Waals surface area contributed by atoms with Gasteiger partial charge >= 0.3 is 0 Å². The molecule has 0 saturated heterocycles. The number of hydrogen-bond acceptors (Lipinski definition) is 5. The number of anilines is 2. The smallest absolute Gasteiger partial charge is 0.266 e. The Hall–Kier alpha value is -3.76. The van der Waals surface area contributed by atoms with Crippen LogP contribution in [0.25, 0.3) is 6.08 Å². The topological polar surface area (TPSA) is 74.6 Å². The van der Waals surface area contributed by atoms with Gasteiger partial charge in [0.1, 0.15) is 18.2 Å². The lowest BCUT2D eigenvalue weighted by Gasteiger charge is -2.21. The first-order valence-corrected chi connectivity index (χ1v) is 12.1. The van der Waals surface area contributed by atoms with Crippen LogP contribution in [0.2, 0.25) is 0 Å². The number of methoxy groups -OCH3 is 1. The Morgan fingerprint density at radius 3 is 2.37 bits per heavy atom. The molecule has 180 valence electrons. The van der Waals surface area contributed by atoms with Crippen LogP contribution in [0.5, 0.6) is 11.5 Å². The van der Waals surface area contributed by atoms with Crippen LogP contribution in [0.4, 0.5) is 11.4 Å². The highest BCUT2D eigenvalue weighted by Crippen LogP contribution is 2.37. The highest BCUT2D eigenvalue weighted by molar-refractivity contribution is 9.10. The average molecular weight is 534 g/mol. The number of amides is 1. The summed E-state index contributed by atoms with van der Waals surface area (Å²) in [6.07, 6.45) is 1.52. The third-order valence-electron chi connectivity index (χ3n) is 5.41. The van der Waals surface area contributed by atoms with Crippen molar-refractivity contribution in [3.63, 3.8) is 0 Å². The van der Waals surface area contributed by atoms with E-state index in [0.29, 0.717) is 33.8 Å². The second-order valence-electron chi connectivity index (χ2n) is 7.65. The van der Waals surface area contributed by atoms with Crippen molar-refractivity contribution in [1.29, 1.82) is 5.26 Å². The van der Waals surface area contributed by atoms with Gasteiger partial charge in [-0.3, -0.25) is 4.79 Å². The normalized spacial score (nSPS) is 10.9. The Morgan fingerprint density at radius 2 is 1.77 bits per heavy atom. The summed E-state index contributed by atoms with van der Waals surface area (Å²) < 4.78 is 12.1. The molecular weight excluding hydrogens is 506 g/mol. The maximum atomic E-state index is 12.8. The van der Waals surface area contributed by atoms with Gasteiger partial charge in [-0.05, 0) is 83.4 Å². The fourth-order valence-electron chi connectivity index (χ4n) is 3.55. The molecule has 0 aliphatic carbocycles. The van der Waals surface area contributed by atoms with Gasteiger partial charge in [0.25, 0.3) is 5.91 Å². The summed E-state index contributed by atoms with van der Waals surface area (Å²) in [5.74, 6) is 0.554. The monoisotopic (exact) mass is 533 g/mol. The van der Waals surface area contributed by atoms with E-state index in [1.54, 1.807) is 19.2 Å². The third kappa shape index (κ3) is 6.87. The number of carbonyl (C=O) groups excluding carboxylic acids is 1. The van der Waals surface area contributed by atoms with Crippen molar-refractivity contribution in [1.82, 2.24) is 0 Å². The molecule has 7 heteroatoms. The van der Waals surface area contributed by atoms with Crippen molar-refractivity contribution < 1.29 is 14.3 Å². The van der Waals surface area contributed by atoms with Crippen molar-refractivity contribution in [2.24, 2.45) is 0 Å². The molecule has 35 heavy (non-hydrogen) atoms. The van der Waals surface area contributed by atoms with Crippen LogP contribution < -0.4 is 19.7 Å². The summed E-state index contributed by atoms with van der Waals surface area (Å²) in [6, 6.07) is 22.9. The van der Waals surface area contributed by atoms with Crippen LogP contribution in [0, 0.1) is 11.3 Å². The molecule has 0 spiro atoms. The third-order valence-corrected chi connectivity index (χ3v) is 6.00. The van der Waals surface area contributed by atoms with E-state index in [4.69, 9.17) is 9.47 Å². The van der Waals surface area contributed by atoms with Crippen LogP contribution in [-0.4, -0.2) is 26.1 Å². The summed E-state index contributed by atoms with van der Waals surface area (Å²) in [5, 5.41) is 12.4. The van der Waals surface area contributed by atoms with Crippen molar-refractivity contribution >= 4 is 39.3 Å². The molecule has 1 N–H and O–H groups in total. The molecule has 0 aliphatic rings. The number of benzene rings is 3. The molecule has 0 radical (unpaired) electrons. The standard InChI is InChI=1S/C28H28BrN3O3/c1-4-32(5-2)24-13-11-23(12-14-24)31-28(33)22(18-30)15-21-16-25(29)27(26(17-21)34-3)35-19-20-9-7-6-8-10-20/h6-17H,4-5,19H2,1-3H3,(H,31,33)/b22-15-. The fraction of sp³-hybridized carbons (Fsp3) is 0.214. The summed E-state index contributed by atoms with van der Waals surface area (Å²) in [4.78, 5) is 15.0. The lowest BCUT2D eigenvalue weighted by molar-refractivity contribution is -0.112. The molecule has 3 aromatic carbocycles. The summed E-state index contributed by atoms with van der Waals surface area (Å²) >= 11 is 3.52. The number of rotatable bonds is 10. The summed E-state index contributed by atoms with van der Waals surface area (Å²) in [7, 11) is 1.55. The fourth-order valence-corrected chi connectivity index (χ4v) is 4.13. The van der Waals surface area contributed by atoms with Gasteiger partial charge in [0.05, 0.1) is 11.6 Å². The van der Waals surface area contributed by atoms with Gasteiger partial charge in [-0.25, -0.2) is 0 Å². The van der Waals surface area contributed by atoms with E-state index in [1.165, 1.54) is 6.08 Å². The number of carbonyl (C=O) groups is 1. The van der Waals surface area contributed by atoms with E-state index in [0.717, 1.165) is 24.3 Å². The quantitative estimate of drug-likeness (QED) is 0.240. The average Bonchev–Trinajstić information content (AvgIpc) is 2.88. The second kappa shape index (κ2) is 12.6. The molecule has 0 heterocycles. The molecular formula is C28H28BrN3O3. The van der Waals surface area contributed by atoms with E-state index >= 15 is 0 Å². The molecule has 0 atom stereocenters. The van der Waals surface area contributed by atoms with E-state index in [9.17, 15) is 10.1 Å². The van der Waals surface area contributed by atoms with E-state index in [2.05, 4.69) is 40.0 Å². The molecule has 3 aromatic rings. The Balaban J connectivity index is 1.76. The van der Waals surface area contributed by atoms with Crippen molar-refractivity contribution in [2.45, 2.75) is 20.5 Å². The van der Waals surface area contributed by atoms with E-state index in [-0.39, 0.29) is 5.57 Å². The summed E-state index contributed by atoms with van der Waals surface area (Å²) in [6.45, 7) is 6.37. The van der Waals surface area contributed by atoms with Crippen LogP contribution in [0.15, 0.2) is 76.8 Å². The van der Waals surface area contributed by atoms with Crippen LogP contribution in [-0.2, 0) is 11.4 Å². The zero-order chi connectivity index (χ0) is 25.2. The predicted molar refractivity (Wildman–Crippen MR) is 144 cm³/mol. The maximum absolute atomic E-state index is 12.8. The molecule has 1 amide bonds. The molecule has 0 aromatic heterocycles. The van der Waals surface area contributed by atoms with Crippen LogP contribution in [0.1, 0.15) is 25.0 Å². The number of nitriles is 1. The Labute approximate surface area is 214 Å². The molecule has 0 bridgehead atoms. The van der Waals surface area contributed by atoms with E-state index < -0.39 is 5.91 Å². The van der Waals surface area contributed by atoms with Crippen LogP contribution >= 0.6 is 15.9 Å². The van der Waals surface area contributed by atoms with Gasteiger partial charge in [-0.2, -0.15) is 5.26 Å². The lowest BCUT2D eigenvalue weighted by atomic mass is 10.1. The molecule has 0 fully saturated rings. The first-order valence-electron chi connectivity index (χ1n) is 11.3. The van der Waals surface area contributed by atoms with E-state index in [1.807, 2.05) is 60.7 Å². The number of hydrogen-bond donors (Lipinski definition) is 1. The number of nitrogens with zero attached hydrogens (tertiary/aromatic N) is 2. The Bertz CT molecular complexity index is 1210. The molecule has 6 nitrogen and oxygen atoms in total. The highest BCUT2D eigenvalue weighted by atomic mass is 79.9. The second-order valence-corrected chi connectivity index (χ2v) is 8.51. The largest absolute Gasteiger partial charge is 0.493 e. The van der Waals surface area contributed by atoms with Crippen molar-refractivity contribution in [3.8, 4) is 17.6 Å². The first kappa shape index (κ1) is 25.9. The zero-order valence-corrected chi connectivity index (χ0v) is 21.6. The SMILES string of the molecule is CCN(CC)c1ccc(NC(=O)/C(C#N)=C\c2cc(Br)c(OCc3ccccc3)c(OC)c2)cc1. The number of ether oxygens (including phenoxy) is 2. The lowest BCUT2D eigenvalue weighted by Crippen LogP contribution is -2.21. The molecule has 0 aliphatic heterocycles. The summed E-state index contributed by atoms with van der Waals surface area (Å²) in [5.41, 5.74) is 3.33. The van der Waals surface area contributed by atoms with Gasteiger partial charge in [0, 0.05) is 24.5 Å². The Morgan fingerprint density at radius 1 is 1.09 bits per heavy atom.